The van der Waals surface area contributed by atoms with Crippen molar-refractivity contribution in [2.75, 3.05) is 18.2 Å². The van der Waals surface area contributed by atoms with Gasteiger partial charge in [0.2, 0.25) is 5.91 Å². The van der Waals surface area contributed by atoms with Crippen LogP contribution in [-0.4, -0.2) is 24.5 Å². The van der Waals surface area contributed by atoms with Crippen LogP contribution in [0.3, 0.4) is 0 Å². The summed E-state index contributed by atoms with van der Waals surface area (Å²) in [5.41, 5.74) is 0.397. The minimum absolute atomic E-state index is 0.181. The smallest absolute Gasteiger partial charge is 0.288 e. The Hall–Kier alpha value is -1.73. The summed E-state index contributed by atoms with van der Waals surface area (Å²) >= 11 is 1.77. The number of rotatable bonds is 7. The number of carbonyl (C=O) groups excluding carboxylic acids is 1. The van der Waals surface area contributed by atoms with Gasteiger partial charge in [0.15, 0.2) is 0 Å². The molecule has 1 amide bonds. The van der Waals surface area contributed by atoms with Gasteiger partial charge >= 0.3 is 0 Å². The molecule has 0 saturated carbocycles. The molecule has 0 unspecified atom stereocenters. The van der Waals surface area contributed by atoms with Crippen molar-refractivity contribution in [2.24, 2.45) is 0 Å². The third-order valence-corrected chi connectivity index (χ3v) is 4.57. The number of nitrogens with one attached hydrogen (secondary N) is 1. The van der Waals surface area contributed by atoms with Gasteiger partial charge in [0, 0.05) is 9.79 Å². The summed E-state index contributed by atoms with van der Waals surface area (Å²) in [5.74, 6) is -1.88. The zero-order valence-electron chi connectivity index (χ0n) is 12.3. The molecule has 0 aromatic heterocycles. The van der Waals surface area contributed by atoms with E-state index in [0.717, 1.165) is 4.90 Å². The fourth-order valence-corrected chi connectivity index (χ4v) is 3.13. The van der Waals surface area contributed by atoms with E-state index in [-0.39, 0.29) is 11.7 Å². The maximum Gasteiger partial charge on any atom is 0.288 e. The number of amides is 1. The van der Waals surface area contributed by atoms with Gasteiger partial charge in [-0.15, -0.1) is 11.8 Å². The molecule has 1 N–H and O–H groups in total. The van der Waals surface area contributed by atoms with Gasteiger partial charge in [0.25, 0.3) is 5.76 Å². The second-order valence-corrected chi connectivity index (χ2v) is 6.47. The van der Waals surface area contributed by atoms with E-state index in [1.807, 2.05) is 24.3 Å². The summed E-state index contributed by atoms with van der Waals surface area (Å²) in [7, 11) is 1.58. The van der Waals surface area contributed by atoms with Gasteiger partial charge in [-0.2, -0.15) is 8.78 Å². The van der Waals surface area contributed by atoms with Crippen LogP contribution in [0.1, 0.15) is 0 Å². The van der Waals surface area contributed by atoms with E-state index in [9.17, 15) is 13.6 Å². The largest absolute Gasteiger partial charge is 0.497 e. The van der Waals surface area contributed by atoms with Gasteiger partial charge in [0.1, 0.15) is 5.75 Å². The molecule has 122 valence electrons. The van der Waals surface area contributed by atoms with Crippen LogP contribution in [0.25, 0.3) is 0 Å². The number of anilines is 1. The van der Waals surface area contributed by atoms with Crippen LogP contribution in [0.5, 0.6) is 5.75 Å². The Morgan fingerprint density at radius 1 is 1.22 bits per heavy atom. The molecule has 2 aromatic carbocycles. The number of para-hydroxylation sites is 1. The third-order valence-electron chi connectivity index (χ3n) is 2.79. The zero-order chi connectivity index (χ0) is 16.7. The second-order valence-electron chi connectivity index (χ2n) is 4.39. The van der Waals surface area contributed by atoms with Crippen LogP contribution in [0.4, 0.5) is 14.5 Å². The number of thioether (sulfide) groups is 2. The summed E-state index contributed by atoms with van der Waals surface area (Å²) in [6.07, 6.45) is 0. The number of carbonyl (C=O) groups is 1. The molecule has 0 bridgehead atoms. The fourth-order valence-electron chi connectivity index (χ4n) is 1.79. The lowest BCUT2D eigenvalue weighted by molar-refractivity contribution is -0.113. The third kappa shape index (κ3) is 5.76. The van der Waals surface area contributed by atoms with E-state index >= 15 is 0 Å². The quantitative estimate of drug-likeness (QED) is 0.728. The van der Waals surface area contributed by atoms with Crippen LogP contribution in [-0.2, 0) is 4.79 Å². The highest BCUT2D eigenvalue weighted by atomic mass is 32.2. The van der Waals surface area contributed by atoms with Crippen molar-refractivity contribution in [3.8, 4) is 5.75 Å². The number of hydrogen-bond donors (Lipinski definition) is 1. The minimum Gasteiger partial charge on any atom is -0.497 e. The highest BCUT2D eigenvalue weighted by Crippen LogP contribution is 2.32. The van der Waals surface area contributed by atoms with E-state index < -0.39 is 5.76 Å². The number of methoxy groups -OCH3 is 1. The molecule has 7 heteroatoms. The molecule has 0 fully saturated rings. The first-order chi connectivity index (χ1) is 11.1. The summed E-state index contributed by atoms with van der Waals surface area (Å²) in [6, 6.07) is 13.9. The van der Waals surface area contributed by atoms with Crippen molar-refractivity contribution in [2.45, 2.75) is 15.5 Å². The van der Waals surface area contributed by atoms with Crippen LogP contribution in [0.15, 0.2) is 58.3 Å². The van der Waals surface area contributed by atoms with Gasteiger partial charge < -0.3 is 10.1 Å². The molecule has 0 heterocycles. The lowest BCUT2D eigenvalue weighted by atomic mass is 10.3. The lowest BCUT2D eigenvalue weighted by Crippen LogP contribution is -2.14. The molecule has 0 aliphatic rings. The number of ether oxygens (including phenoxy) is 1. The molecule has 0 saturated heterocycles. The van der Waals surface area contributed by atoms with Gasteiger partial charge in [-0.3, -0.25) is 4.79 Å². The summed E-state index contributed by atoms with van der Waals surface area (Å²) in [6.45, 7) is 0. The maximum absolute atomic E-state index is 12.5. The molecular formula is C16H15F2NO2S2. The van der Waals surface area contributed by atoms with Gasteiger partial charge in [-0.25, -0.2) is 0 Å². The van der Waals surface area contributed by atoms with Crippen molar-refractivity contribution < 1.29 is 18.3 Å². The molecule has 0 aliphatic heterocycles. The Morgan fingerprint density at radius 3 is 2.74 bits per heavy atom. The standard InChI is InChI=1S/C16H15F2NO2S2/c1-21-11-5-4-6-12(9-11)22-10-15(20)19-13-7-2-3-8-14(13)23-16(17)18/h2-9,16H,10H2,1H3,(H,19,20). The number of hydrogen-bond acceptors (Lipinski definition) is 4. The Balaban J connectivity index is 1.94. The topological polar surface area (TPSA) is 38.3 Å². The SMILES string of the molecule is COc1cccc(SCC(=O)Nc2ccccc2SC(F)F)c1. The molecule has 3 nitrogen and oxygen atoms in total. The maximum atomic E-state index is 12.5. The van der Waals surface area contributed by atoms with Crippen molar-refractivity contribution >= 4 is 35.1 Å². The second kappa shape index (κ2) is 8.79. The van der Waals surface area contributed by atoms with Crippen LogP contribution >= 0.6 is 23.5 Å². The van der Waals surface area contributed by atoms with Crippen LogP contribution in [0, 0.1) is 0 Å². The summed E-state index contributed by atoms with van der Waals surface area (Å²) in [4.78, 5) is 13.3. The number of halogens is 2. The first kappa shape index (κ1) is 17.6. The van der Waals surface area contributed by atoms with Gasteiger partial charge in [0.05, 0.1) is 18.6 Å². The van der Waals surface area contributed by atoms with E-state index in [4.69, 9.17) is 4.74 Å². The molecule has 23 heavy (non-hydrogen) atoms. The molecule has 0 aliphatic carbocycles. The van der Waals surface area contributed by atoms with Gasteiger partial charge in [-0.05, 0) is 30.3 Å². The average molecular weight is 355 g/mol. The lowest BCUT2D eigenvalue weighted by Gasteiger charge is -2.10. The Bertz CT molecular complexity index is 668. The molecule has 2 rings (SSSR count). The van der Waals surface area contributed by atoms with Crippen molar-refractivity contribution in [3.05, 3.63) is 48.5 Å². The zero-order valence-corrected chi connectivity index (χ0v) is 13.9. The number of benzene rings is 2. The predicted octanol–water partition coefficient (Wildman–Crippen LogP) is 4.74. The van der Waals surface area contributed by atoms with Crippen molar-refractivity contribution in [1.82, 2.24) is 0 Å². The minimum atomic E-state index is -2.53. The molecule has 0 spiro atoms. The monoisotopic (exact) mass is 355 g/mol. The average Bonchev–Trinajstić information content (AvgIpc) is 2.54. The van der Waals surface area contributed by atoms with Gasteiger partial charge in [-0.1, -0.05) is 30.0 Å². The number of alkyl halides is 2. The molecular weight excluding hydrogens is 340 g/mol. The first-order valence-electron chi connectivity index (χ1n) is 6.69. The summed E-state index contributed by atoms with van der Waals surface area (Å²) < 4.78 is 30.1. The highest BCUT2D eigenvalue weighted by Gasteiger charge is 2.12. The van der Waals surface area contributed by atoms with E-state index in [1.54, 1.807) is 31.4 Å². The molecule has 0 radical (unpaired) electrons. The Kier molecular flexibility index (Phi) is 6.73. The normalized spacial score (nSPS) is 10.6. The van der Waals surface area contributed by atoms with Crippen LogP contribution in [0.2, 0.25) is 0 Å². The summed E-state index contributed by atoms with van der Waals surface area (Å²) in [5, 5.41) is 2.67. The van der Waals surface area contributed by atoms with Crippen molar-refractivity contribution in [3.63, 3.8) is 0 Å². The van der Waals surface area contributed by atoms with Crippen LogP contribution < -0.4 is 10.1 Å². The first-order valence-corrected chi connectivity index (χ1v) is 8.55. The highest BCUT2D eigenvalue weighted by molar-refractivity contribution is 8.00. The van der Waals surface area contributed by atoms with E-state index in [1.165, 1.54) is 11.8 Å². The van der Waals surface area contributed by atoms with E-state index in [0.29, 0.717) is 28.1 Å². The Morgan fingerprint density at radius 2 is 2.00 bits per heavy atom. The fraction of sp³-hybridized carbons (Fsp3) is 0.188. The van der Waals surface area contributed by atoms with E-state index in [2.05, 4.69) is 5.32 Å². The molecule has 2 aromatic rings. The molecule has 0 atom stereocenters. The van der Waals surface area contributed by atoms with Crippen molar-refractivity contribution in [1.29, 1.82) is 0 Å². The predicted molar refractivity (Wildman–Crippen MR) is 90.7 cm³/mol. The Labute approximate surface area is 141 Å².